The van der Waals surface area contributed by atoms with Crippen LogP contribution in [0.4, 0.5) is 0 Å². The number of fused-ring (bicyclic) bond motifs is 1. The molecule has 0 saturated carbocycles. The summed E-state index contributed by atoms with van der Waals surface area (Å²) in [6.07, 6.45) is 2.96. The third-order valence-electron chi connectivity index (χ3n) is 2.66. The van der Waals surface area contributed by atoms with Crippen LogP contribution in [0.25, 0.3) is 0 Å². The summed E-state index contributed by atoms with van der Waals surface area (Å²) in [5.74, 6) is 0.831. The number of aryl methyl sites for hydroxylation is 1. The molecule has 3 nitrogen and oxygen atoms in total. The molecule has 0 spiro atoms. The van der Waals surface area contributed by atoms with Crippen molar-refractivity contribution in [1.82, 2.24) is 15.4 Å². The van der Waals surface area contributed by atoms with E-state index in [1.54, 1.807) is 0 Å². The third-order valence-corrected chi connectivity index (χ3v) is 2.66. The molecule has 0 aliphatic heterocycles. The van der Waals surface area contributed by atoms with Crippen LogP contribution in [-0.4, -0.2) is 23.3 Å². The summed E-state index contributed by atoms with van der Waals surface area (Å²) in [5.41, 5.74) is 2.21. The first kappa shape index (κ1) is 7.83. The van der Waals surface area contributed by atoms with Crippen molar-refractivity contribution in [1.29, 1.82) is 0 Å². The molecule has 62 valence electrons. The first-order chi connectivity index (χ1) is 5.77. The van der Waals surface area contributed by atoms with Gasteiger partial charge in [0.05, 0.1) is 19.2 Å². The number of nitrogens with zero attached hydrogens (tertiary/aromatic N) is 2. The SMILES string of the molecule is [B]C1CCc2n[nH]nc2CC1C. The molecule has 2 unspecified atom stereocenters. The van der Waals surface area contributed by atoms with E-state index in [9.17, 15) is 0 Å². The van der Waals surface area contributed by atoms with Crippen LogP contribution < -0.4 is 0 Å². The molecular formula is C8H12BN3. The van der Waals surface area contributed by atoms with Crippen molar-refractivity contribution in [2.75, 3.05) is 0 Å². The lowest BCUT2D eigenvalue weighted by atomic mass is 9.74. The molecular weight excluding hydrogens is 149 g/mol. The number of nitrogens with one attached hydrogen (secondary N) is 1. The highest BCUT2D eigenvalue weighted by Crippen LogP contribution is 2.28. The maximum atomic E-state index is 5.95. The second kappa shape index (κ2) is 2.92. The second-order valence-electron chi connectivity index (χ2n) is 3.60. The Morgan fingerprint density at radius 2 is 2.17 bits per heavy atom. The van der Waals surface area contributed by atoms with Crippen LogP contribution >= 0.6 is 0 Å². The van der Waals surface area contributed by atoms with Gasteiger partial charge in [-0.1, -0.05) is 19.2 Å². The fourth-order valence-corrected chi connectivity index (χ4v) is 1.68. The summed E-state index contributed by atoms with van der Waals surface area (Å²) in [5, 5.41) is 10.9. The zero-order chi connectivity index (χ0) is 8.55. The zero-order valence-electron chi connectivity index (χ0n) is 7.25. The largest absolute Gasteiger partial charge is 0.197 e. The van der Waals surface area contributed by atoms with Gasteiger partial charge in [0.15, 0.2) is 0 Å². The summed E-state index contributed by atoms with van der Waals surface area (Å²) in [6, 6.07) is 0. The minimum Gasteiger partial charge on any atom is -0.197 e. The van der Waals surface area contributed by atoms with Crippen LogP contribution in [-0.2, 0) is 12.8 Å². The van der Waals surface area contributed by atoms with Gasteiger partial charge in [0.25, 0.3) is 0 Å². The Labute approximate surface area is 73.4 Å². The van der Waals surface area contributed by atoms with Gasteiger partial charge >= 0.3 is 0 Å². The van der Waals surface area contributed by atoms with Gasteiger partial charge in [0.2, 0.25) is 0 Å². The molecule has 2 rings (SSSR count). The molecule has 0 amide bonds. The number of hydrogen-bond acceptors (Lipinski definition) is 2. The first-order valence-electron chi connectivity index (χ1n) is 4.41. The Balaban J connectivity index is 2.24. The molecule has 1 N–H and O–H groups in total. The average molecular weight is 161 g/mol. The molecule has 0 fully saturated rings. The molecule has 1 aromatic heterocycles. The molecule has 1 aliphatic rings. The number of rotatable bonds is 0. The van der Waals surface area contributed by atoms with Crippen molar-refractivity contribution in [3.8, 4) is 0 Å². The maximum absolute atomic E-state index is 5.95. The minimum atomic E-state index is 0.306. The predicted octanol–water partition coefficient (Wildman–Crippen LogP) is 0.886. The van der Waals surface area contributed by atoms with Crippen LogP contribution in [0.3, 0.4) is 0 Å². The predicted molar refractivity (Wildman–Crippen MR) is 47.1 cm³/mol. The summed E-state index contributed by atoms with van der Waals surface area (Å²) in [7, 11) is 5.95. The lowest BCUT2D eigenvalue weighted by molar-refractivity contribution is 0.518. The van der Waals surface area contributed by atoms with Crippen molar-refractivity contribution in [3.63, 3.8) is 0 Å². The van der Waals surface area contributed by atoms with Crippen molar-refractivity contribution in [2.45, 2.75) is 32.0 Å². The second-order valence-corrected chi connectivity index (χ2v) is 3.60. The number of H-pyrrole nitrogens is 1. The average Bonchev–Trinajstić information content (AvgIpc) is 2.43. The van der Waals surface area contributed by atoms with E-state index in [2.05, 4.69) is 22.3 Å². The first-order valence-corrected chi connectivity index (χ1v) is 4.41. The lowest BCUT2D eigenvalue weighted by Gasteiger charge is -2.15. The Bertz CT molecular complexity index is 271. The standard InChI is InChI=1S/C8H12BN3/c1-5-4-8-7(10-12-11-8)3-2-6(5)9/h5-6H,2-4H2,1H3,(H,10,11,12). The van der Waals surface area contributed by atoms with E-state index in [0.29, 0.717) is 11.7 Å². The Hall–Kier alpha value is -0.795. The van der Waals surface area contributed by atoms with Crippen LogP contribution in [0.2, 0.25) is 5.82 Å². The third kappa shape index (κ3) is 1.26. The fraction of sp³-hybridized carbons (Fsp3) is 0.750. The number of hydrogen-bond donors (Lipinski definition) is 1. The highest BCUT2D eigenvalue weighted by Gasteiger charge is 2.21. The Morgan fingerprint density at radius 3 is 3.00 bits per heavy atom. The van der Waals surface area contributed by atoms with E-state index in [4.69, 9.17) is 7.85 Å². The van der Waals surface area contributed by atoms with Crippen LogP contribution in [0.5, 0.6) is 0 Å². The van der Waals surface area contributed by atoms with Gasteiger partial charge < -0.3 is 0 Å². The van der Waals surface area contributed by atoms with Gasteiger partial charge in [0, 0.05) is 0 Å². The van der Waals surface area contributed by atoms with E-state index in [-0.39, 0.29) is 0 Å². The van der Waals surface area contributed by atoms with Crippen LogP contribution in [0.15, 0.2) is 0 Å². The van der Waals surface area contributed by atoms with Gasteiger partial charge in [0.1, 0.15) is 0 Å². The Kier molecular flexibility index (Phi) is 1.91. The molecule has 0 aromatic carbocycles. The normalized spacial score (nSPS) is 29.4. The smallest absolute Gasteiger partial charge is 0.0859 e. The molecule has 2 atom stereocenters. The summed E-state index contributed by atoms with van der Waals surface area (Å²) < 4.78 is 0. The van der Waals surface area contributed by atoms with Gasteiger partial charge in [-0.15, -0.1) is 0 Å². The fourth-order valence-electron chi connectivity index (χ4n) is 1.68. The molecule has 2 radical (unpaired) electrons. The topological polar surface area (TPSA) is 41.6 Å². The quantitative estimate of drug-likeness (QED) is 0.453. The van der Waals surface area contributed by atoms with E-state index in [0.717, 1.165) is 30.7 Å². The highest BCUT2D eigenvalue weighted by atomic mass is 15.3. The van der Waals surface area contributed by atoms with Crippen LogP contribution in [0, 0.1) is 5.92 Å². The van der Waals surface area contributed by atoms with Gasteiger partial charge in [-0.25, -0.2) is 0 Å². The van der Waals surface area contributed by atoms with E-state index in [1.165, 1.54) is 0 Å². The molecule has 4 heteroatoms. The van der Waals surface area contributed by atoms with E-state index < -0.39 is 0 Å². The van der Waals surface area contributed by atoms with Crippen LogP contribution in [0.1, 0.15) is 24.7 Å². The maximum Gasteiger partial charge on any atom is 0.0859 e. The molecule has 1 heterocycles. The summed E-state index contributed by atoms with van der Waals surface area (Å²) >= 11 is 0. The van der Waals surface area contributed by atoms with Gasteiger partial charge in [-0.2, -0.15) is 15.4 Å². The zero-order valence-corrected chi connectivity index (χ0v) is 7.25. The van der Waals surface area contributed by atoms with Gasteiger partial charge in [-0.3, -0.25) is 0 Å². The van der Waals surface area contributed by atoms with Crippen molar-refractivity contribution in [3.05, 3.63) is 11.4 Å². The summed E-state index contributed by atoms with van der Waals surface area (Å²) in [4.78, 5) is 0. The van der Waals surface area contributed by atoms with Crippen molar-refractivity contribution in [2.24, 2.45) is 5.92 Å². The van der Waals surface area contributed by atoms with E-state index >= 15 is 0 Å². The number of aromatic nitrogens is 3. The van der Waals surface area contributed by atoms with Crippen molar-refractivity contribution >= 4 is 7.85 Å². The van der Waals surface area contributed by atoms with Gasteiger partial charge in [-0.05, 0) is 18.8 Å². The molecule has 12 heavy (non-hydrogen) atoms. The summed E-state index contributed by atoms with van der Waals surface area (Å²) in [6.45, 7) is 2.18. The van der Waals surface area contributed by atoms with Crippen molar-refractivity contribution < 1.29 is 0 Å². The molecule has 1 aromatic rings. The number of aromatic amines is 1. The van der Waals surface area contributed by atoms with E-state index in [1.807, 2.05) is 0 Å². The molecule has 0 bridgehead atoms. The Morgan fingerprint density at radius 1 is 1.42 bits per heavy atom. The molecule has 1 aliphatic carbocycles. The minimum absolute atomic E-state index is 0.306. The monoisotopic (exact) mass is 161 g/mol. The highest BCUT2D eigenvalue weighted by molar-refractivity contribution is 6.11. The lowest BCUT2D eigenvalue weighted by Crippen LogP contribution is -2.06. The molecule has 0 saturated heterocycles.